The maximum atomic E-state index is 11.9. The van der Waals surface area contributed by atoms with Crippen LogP contribution >= 0.6 is 0 Å². The number of hydrazone groups is 1. The third-order valence-electron chi connectivity index (χ3n) is 5.28. The number of carbonyl (C=O) groups is 1. The second kappa shape index (κ2) is 3.24. The highest BCUT2D eigenvalue weighted by molar-refractivity contribution is 6.03. The minimum atomic E-state index is 0.125. The van der Waals surface area contributed by atoms with Crippen molar-refractivity contribution in [1.82, 2.24) is 5.01 Å². The lowest BCUT2D eigenvalue weighted by atomic mass is 9.54. The summed E-state index contributed by atoms with van der Waals surface area (Å²) in [6.07, 6.45) is 7.04. The first kappa shape index (κ1) is 9.92. The molecule has 4 aliphatic carbocycles. The fourth-order valence-corrected chi connectivity index (χ4v) is 4.99. The number of hydrogen-bond donors (Lipinski definition) is 1. The van der Waals surface area contributed by atoms with Crippen LogP contribution in [-0.2, 0) is 4.79 Å². The smallest absolute Gasteiger partial charge is 0.250 e. The molecule has 92 valence electrons. The molecule has 5 rings (SSSR count). The average molecular weight is 233 g/mol. The van der Waals surface area contributed by atoms with Crippen LogP contribution in [0.4, 0.5) is 0 Å². The standard InChI is InChI=1S/C13H19N3O/c14-11-6-12(17)16(15-11)13-9-2-7-1-8(4-9)5-10(13)3-7/h7-10,13H,1-6H2,(H2,14,15). The van der Waals surface area contributed by atoms with Gasteiger partial charge in [-0.1, -0.05) is 0 Å². The second-order valence-corrected chi connectivity index (χ2v) is 6.43. The van der Waals surface area contributed by atoms with E-state index >= 15 is 0 Å². The van der Waals surface area contributed by atoms with Crippen molar-refractivity contribution in [3.8, 4) is 0 Å². The molecule has 1 aliphatic heterocycles. The van der Waals surface area contributed by atoms with Gasteiger partial charge in [-0.25, -0.2) is 5.01 Å². The van der Waals surface area contributed by atoms with Crippen LogP contribution in [-0.4, -0.2) is 22.8 Å². The lowest BCUT2D eigenvalue weighted by molar-refractivity contribution is -0.140. The topological polar surface area (TPSA) is 58.7 Å². The van der Waals surface area contributed by atoms with Gasteiger partial charge in [0.25, 0.3) is 5.91 Å². The molecular weight excluding hydrogens is 214 g/mol. The molecule has 0 saturated heterocycles. The van der Waals surface area contributed by atoms with Crippen molar-refractivity contribution in [2.75, 3.05) is 0 Å². The number of amidine groups is 1. The Kier molecular flexibility index (Phi) is 1.89. The Morgan fingerprint density at radius 1 is 1.06 bits per heavy atom. The summed E-state index contributed by atoms with van der Waals surface area (Å²) in [5.74, 6) is 3.90. The van der Waals surface area contributed by atoms with Crippen molar-refractivity contribution in [1.29, 1.82) is 0 Å². The van der Waals surface area contributed by atoms with Crippen molar-refractivity contribution in [3.05, 3.63) is 0 Å². The zero-order valence-electron chi connectivity index (χ0n) is 10.0. The molecule has 0 spiro atoms. The van der Waals surface area contributed by atoms with Crippen molar-refractivity contribution < 1.29 is 4.79 Å². The number of rotatable bonds is 1. The van der Waals surface area contributed by atoms with E-state index in [1.807, 2.05) is 0 Å². The van der Waals surface area contributed by atoms with Gasteiger partial charge in [0.15, 0.2) is 0 Å². The van der Waals surface area contributed by atoms with Crippen LogP contribution in [0, 0.1) is 23.7 Å². The molecule has 1 amide bonds. The monoisotopic (exact) mass is 233 g/mol. The van der Waals surface area contributed by atoms with E-state index in [0.717, 1.165) is 11.8 Å². The summed E-state index contributed by atoms with van der Waals surface area (Å²) >= 11 is 0. The highest BCUT2D eigenvalue weighted by Crippen LogP contribution is 2.55. The Labute approximate surface area is 101 Å². The van der Waals surface area contributed by atoms with Crippen molar-refractivity contribution in [3.63, 3.8) is 0 Å². The SMILES string of the molecule is NC1=NN(C2C3CC4CC(C3)CC2C4)C(=O)C1. The van der Waals surface area contributed by atoms with E-state index in [-0.39, 0.29) is 5.91 Å². The first-order valence-corrected chi connectivity index (χ1v) is 6.85. The molecule has 0 aromatic heterocycles. The molecule has 1 heterocycles. The predicted molar refractivity (Wildman–Crippen MR) is 63.9 cm³/mol. The van der Waals surface area contributed by atoms with Crippen LogP contribution in [0.3, 0.4) is 0 Å². The lowest BCUT2D eigenvalue weighted by Gasteiger charge is -2.55. The van der Waals surface area contributed by atoms with Crippen LogP contribution in [0.15, 0.2) is 5.10 Å². The van der Waals surface area contributed by atoms with Crippen LogP contribution in [0.5, 0.6) is 0 Å². The first-order valence-electron chi connectivity index (χ1n) is 6.85. The highest BCUT2D eigenvalue weighted by atomic mass is 16.2. The Balaban J connectivity index is 1.64. The van der Waals surface area contributed by atoms with E-state index in [2.05, 4.69) is 5.10 Å². The van der Waals surface area contributed by atoms with Crippen molar-refractivity contribution in [2.24, 2.45) is 34.5 Å². The Bertz CT molecular complexity index is 375. The van der Waals surface area contributed by atoms with E-state index in [1.54, 1.807) is 5.01 Å². The van der Waals surface area contributed by atoms with Crippen molar-refractivity contribution in [2.45, 2.75) is 44.6 Å². The zero-order chi connectivity index (χ0) is 11.6. The van der Waals surface area contributed by atoms with E-state index in [4.69, 9.17) is 5.73 Å². The van der Waals surface area contributed by atoms with Gasteiger partial charge in [0.1, 0.15) is 5.84 Å². The summed E-state index contributed by atoms with van der Waals surface area (Å²) in [5, 5.41) is 6.05. The van der Waals surface area contributed by atoms with Gasteiger partial charge < -0.3 is 5.73 Å². The molecule has 4 saturated carbocycles. The van der Waals surface area contributed by atoms with Crippen LogP contribution < -0.4 is 5.73 Å². The Morgan fingerprint density at radius 2 is 1.65 bits per heavy atom. The quantitative estimate of drug-likeness (QED) is 0.742. The van der Waals surface area contributed by atoms with Crippen LogP contribution in [0.25, 0.3) is 0 Å². The maximum absolute atomic E-state index is 11.9. The van der Waals surface area contributed by atoms with Gasteiger partial charge in [-0.2, -0.15) is 5.10 Å². The number of nitrogens with zero attached hydrogens (tertiary/aromatic N) is 2. The fraction of sp³-hybridized carbons (Fsp3) is 0.846. The third kappa shape index (κ3) is 1.36. The largest absolute Gasteiger partial charge is 0.385 e. The number of hydrogen-bond acceptors (Lipinski definition) is 3. The summed E-state index contributed by atoms with van der Waals surface area (Å²) in [7, 11) is 0. The zero-order valence-corrected chi connectivity index (χ0v) is 10.0. The number of amides is 1. The normalized spacial score (nSPS) is 47.8. The van der Waals surface area contributed by atoms with Crippen LogP contribution in [0.1, 0.15) is 38.5 Å². The first-order chi connectivity index (χ1) is 8.20. The summed E-state index contributed by atoms with van der Waals surface area (Å²) in [6, 6.07) is 0.372. The van der Waals surface area contributed by atoms with E-state index in [1.165, 1.54) is 32.1 Å². The molecule has 2 N–H and O–H groups in total. The summed E-state index contributed by atoms with van der Waals surface area (Å²) < 4.78 is 0. The van der Waals surface area contributed by atoms with Gasteiger partial charge in [0.05, 0.1) is 12.5 Å². The number of carbonyl (C=O) groups excluding carboxylic acids is 1. The minimum Gasteiger partial charge on any atom is -0.385 e. The molecule has 5 aliphatic rings. The second-order valence-electron chi connectivity index (χ2n) is 6.43. The summed E-state index contributed by atoms with van der Waals surface area (Å²) in [4.78, 5) is 11.9. The summed E-state index contributed by atoms with van der Waals surface area (Å²) in [6.45, 7) is 0. The molecule has 0 aromatic carbocycles. The molecular formula is C13H19N3O. The highest BCUT2D eigenvalue weighted by Gasteiger charge is 2.52. The summed E-state index contributed by atoms with van der Waals surface area (Å²) in [5.41, 5.74) is 5.70. The number of nitrogens with two attached hydrogens (primary N) is 1. The van der Waals surface area contributed by atoms with E-state index in [0.29, 0.717) is 30.1 Å². The fourth-order valence-electron chi connectivity index (χ4n) is 4.99. The molecule has 4 fully saturated rings. The minimum absolute atomic E-state index is 0.125. The average Bonchev–Trinajstić information content (AvgIpc) is 2.56. The van der Waals surface area contributed by atoms with Gasteiger partial charge in [0.2, 0.25) is 0 Å². The third-order valence-corrected chi connectivity index (χ3v) is 5.28. The molecule has 4 nitrogen and oxygen atoms in total. The molecule has 4 heteroatoms. The Hall–Kier alpha value is -1.06. The maximum Gasteiger partial charge on any atom is 0.250 e. The molecule has 0 radical (unpaired) electrons. The van der Waals surface area contributed by atoms with Gasteiger partial charge >= 0.3 is 0 Å². The predicted octanol–water partition coefficient (Wildman–Crippen LogP) is 1.32. The molecule has 0 unspecified atom stereocenters. The van der Waals surface area contributed by atoms with Crippen molar-refractivity contribution >= 4 is 11.7 Å². The van der Waals surface area contributed by atoms with Gasteiger partial charge in [-0.15, -0.1) is 0 Å². The van der Waals surface area contributed by atoms with Gasteiger partial charge in [-0.3, -0.25) is 4.79 Å². The Morgan fingerprint density at radius 3 is 2.12 bits per heavy atom. The molecule has 0 aromatic rings. The molecule has 0 atom stereocenters. The molecule has 4 bridgehead atoms. The van der Waals surface area contributed by atoms with Gasteiger partial charge in [0, 0.05) is 0 Å². The van der Waals surface area contributed by atoms with E-state index < -0.39 is 0 Å². The van der Waals surface area contributed by atoms with E-state index in [9.17, 15) is 4.79 Å². The molecule has 17 heavy (non-hydrogen) atoms. The van der Waals surface area contributed by atoms with Gasteiger partial charge in [-0.05, 0) is 55.8 Å². The van der Waals surface area contributed by atoms with Crippen LogP contribution in [0.2, 0.25) is 0 Å². The lowest BCUT2D eigenvalue weighted by Crippen LogP contribution is -2.55.